The number of para-hydroxylation sites is 1. The quantitative estimate of drug-likeness (QED) is 0.521. The number of aromatic nitrogens is 3. The summed E-state index contributed by atoms with van der Waals surface area (Å²) in [5.41, 5.74) is 0.682. The molecule has 0 radical (unpaired) electrons. The van der Waals surface area contributed by atoms with Gasteiger partial charge in [-0.15, -0.1) is 10.2 Å². The number of sulfone groups is 2. The maximum Gasteiger partial charge on any atom is 0.237 e. The van der Waals surface area contributed by atoms with Crippen LogP contribution in [0.1, 0.15) is 18.7 Å². The van der Waals surface area contributed by atoms with Crippen LogP contribution in [0.2, 0.25) is 0 Å². The number of amides is 1. The first-order chi connectivity index (χ1) is 15.1. The average molecular weight is 499 g/mol. The molecule has 174 valence electrons. The lowest BCUT2D eigenvalue weighted by Gasteiger charge is -2.28. The molecule has 3 heterocycles. The van der Waals surface area contributed by atoms with Gasteiger partial charge < -0.3 is 9.47 Å². The molecular weight excluding hydrogens is 472 g/mol. The molecule has 2 saturated heterocycles. The Hall–Kier alpha value is -1.92. The average Bonchev–Trinajstić information content (AvgIpc) is 3.39. The molecule has 0 N–H and O–H groups in total. The Morgan fingerprint density at radius 2 is 1.75 bits per heavy atom. The Labute approximate surface area is 192 Å². The zero-order chi connectivity index (χ0) is 22.9. The third-order valence-corrected chi connectivity index (χ3v) is 10.5. The van der Waals surface area contributed by atoms with Gasteiger partial charge in [-0.1, -0.05) is 30.0 Å². The van der Waals surface area contributed by atoms with E-state index in [1.807, 2.05) is 37.4 Å². The topological polar surface area (TPSA) is 119 Å². The normalized spacial score (nSPS) is 23.9. The van der Waals surface area contributed by atoms with E-state index in [0.29, 0.717) is 35.9 Å². The van der Waals surface area contributed by atoms with E-state index < -0.39 is 19.7 Å². The van der Waals surface area contributed by atoms with Gasteiger partial charge in [0.25, 0.3) is 0 Å². The van der Waals surface area contributed by atoms with Crippen LogP contribution in [0.5, 0.6) is 0 Å². The van der Waals surface area contributed by atoms with E-state index in [9.17, 15) is 21.6 Å². The zero-order valence-corrected chi connectivity index (χ0v) is 20.2. The largest absolute Gasteiger partial charge is 0.309 e. The number of carbonyl (C=O) groups is 1. The summed E-state index contributed by atoms with van der Waals surface area (Å²) in [4.78, 5) is 14.8. The van der Waals surface area contributed by atoms with Crippen molar-refractivity contribution in [3.05, 3.63) is 36.2 Å². The fourth-order valence-electron chi connectivity index (χ4n) is 4.26. The SMILES string of the molecule is Cn1c(C[C@H]2CCS(=O)(=O)C2)nnc1SCC(=O)N(c1ccccc1)[C@H]1CCS(=O)(=O)C1. The number of hydrogen-bond donors (Lipinski definition) is 0. The smallest absolute Gasteiger partial charge is 0.237 e. The predicted molar refractivity (Wildman–Crippen MR) is 123 cm³/mol. The highest BCUT2D eigenvalue weighted by atomic mass is 32.2. The van der Waals surface area contributed by atoms with Gasteiger partial charge in [-0.25, -0.2) is 16.8 Å². The molecule has 1 aromatic heterocycles. The van der Waals surface area contributed by atoms with Gasteiger partial charge in [0.1, 0.15) is 5.82 Å². The van der Waals surface area contributed by atoms with Crippen LogP contribution in [-0.4, -0.2) is 72.3 Å². The highest BCUT2D eigenvalue weighted by Gasteiger charge is 2.35. The Kier molecular flexibility index (Phi) is 6.64. The van der Waals surface area contributed by atoms with Crippen molar-refractivity contribution in [3.63, 3.8) is 0 Å². The summed E-state index contributed by atoms with van der Waals surface area (Å²) in [6.07, 6.45) is 1.59. The van der Waals surface area contributed by atoms with Crippen molar-refractivity contribution < 1.29 is 21.6 Å². The number of carbonyl (C=O) groups excluding carboxylic acids is 1. The summed E-state index contributed by atoms with van der Waals surface area (Å²) in [6, 6.07) is 8.74. The third-order valence-electron chi connectivity index (χ3n) is 5.92. The molecular formula is C20H26N4O5S3. The van der Waals surface area contributed by atoms with Gasteiger partial charge in [-0.05, 0) is 30.9 Å². The number of benzene rings is 1. The summed E-state index contributed by atoms with van der Waals surface area (Å²) in [6.45, 7) is 0. The van der Waals surface area contributed by atoms with Crippen molar-refractivity contribution in [3.8, 4) is 0 Å². The van der Waals surface area contributed by atoms with Crippen LogP contribution in [0.25, 0.3) is 0 Å². The van der Waals surface area contributed by atoms with Crippen LogP contribution in [0, 0.1) is 5.92 Å². The molecule has 9 nitrogen and oxygen atoms in total. The van der Waals surface area contributed by atoms with Gasteiger partial charge in [0, 0.05) is 19.2 Å². The van der Waals surface area contributed by atoms with E-state index in [1.165, 1.54) is 11.8 Å². The summed E-state index contributed by atoms with van der Waals surface area (Å²) in [7, 11) is -4.28. The van der Waals surface area contributed by atoms with Gasteiger partial charge in [-0.3, -0.25) is 4.79 Å². The Morgan fingerprint density at radius 3 is 2.38 bits per heavy atom. The fraction of sp³-hybridized carbons (Fsp3) is 0.550. The zero-order valence-electron chi connectivity index (χ0n) is 17.8. The number of nitrogens with zero attached hydrogens (tertiary/aromatic N) is 4. The number of hydrogen-bond acceptors (Lipinski definition) is 8. The molecule has 1 aromatic carbocycles. The Bertz CT molecular complexity index is 1200. The highest BCUT2D eigenvalue weighted by molar-refractivity contribution is 7.99. The van der Waals surface area contributed by atoms with E-state index in [2.05, 4.69) is 10.2 Å². The second kappa shape index (κ2) is 9.14. The van der Waals surface area contributed by atoms with E-state index in [1.54, 1.807) is 9.47 Å². The lowest BCUT2D eigenvalue weighted by molar-refractivity contribution is -0.116. The van der Waals surface area contributed by atoms with Crippen LogP contribution in [0.15, 0.2) is 35.5 Å². The summed E-state index contributed by atoms with van der Waals surface area (Å²) >= 11 is 1.25. The van der Waals surface area contributed by atoms with Gasteiger partial charge in [0.05, 0.1) is 34.8 Å². The first-order valence-electron chi connectivity index (χ1n) is 10.4. The summed E-state index contributed by atoms with van der Waals surface area (Å²) < 4.78 is 49.2. The fourth-order valence-corrected chi connectivity index (χ4v) is 8.61. The first kappa shape index (κ1) is 23.2. The van der Waals surface area contributed by atoms with Gasteiger partial charge in [-0.2, -0.15) is 0 Å². The Balaban J connectivity index is 1.44. The van der Waals surface area contributed by atoms with E-state index >= 15 is 0 Å². The van der Waals surface area contributed by atoms with Crippen molar-refractivity contribution in [2.45, 2.75) is 30.5 Å². The minimum atomic E-state index is -3.14. The summed E-state index contributed by atoms with van der Waals surface area (Å²) in [5, 5.41) is 8.95. The molecule has 2 atom stereocenters. The molecule has 32 heavy (non-hydrogen) atoms. The molecule has 0 saturated carbocycles. The molecule has 2 fully saturated rings. The molecule has 4 rings (SSSR count). The first-order valence-corrected chi connectivity index (χ1v) is 15.1. The van der Waals surface area contributed by atoms with Gasteiger partial charge in [0.2, 0.25) is 5.91 Å². The second-order valence-electron chi connectivity index (χ2n) is 8.38. The van der Waals surface area contributed by atoms with Crippen LogP contribution in [0.4, 0.5) is 5.69 Å². The molecule has 0 aliphatic carbocycles. The number of thioether (sulfide) groups is 1. The molecule has 0 bridgehead atoms. The Morgan fingerprint density at radius 1 is 1.06 bits per heavy atom. The number of rotatable bonds is 7. The van der Waals surface area contributed by atoms with Crippen LogP contribution in [0.3, 0.4) is 0 Å². The monoisotopic (exact) mass is 498 g/mol. The lowest BCUT2D eigenvalue weighted by Crippen LogP contribution is -2.42. The minimum absolute atomic E-state index is 0.0310. The van der Waals surface area contributed by atoms with Crippen LogP contribution >= 0.6 is 11.8 Å². The maximum atomic E-state index is 13.2. The van der Waals surface area contributed by atoms with Crippen molar-refractivity contribution in [2.75, 3.05) is 33.7 Å². The highest BCUT2D eigenvalue weighted by Crippen LogP contribution is 2.27. The predicted octanol–water partition coefficient (Wildman–Crippen LogP) is 1.10. The third kappa shape index (κ3) is 5.34. The molecule has 2 aliphatic rings. The summed E-state index contributed by atoms with van der Waals surface area (Å²) in [5.74, 6) is 1.10. The molecule has 12 heteroatoms. The maximum absolute atomic E-state index is 13.2. The van der Waals surface area contributed by atoms with E-state index in [0.717, 1.165) is 0 Å². The molecule has 0 spiro atoms. The van der Waals surface area contributed by atoms with E-state index in [4.69, 9.17) is 0 Å². The van der Waals surface area contributed by atoms with E-state index in [-0.39, 0.29) is 46.6 Å². The van der Waals surface area contributed by atoms with Crippen molar-refractivity contribution in [1.29, 1.82) is 0 Å². The minimum Gasteiger partial charge on any atom is -0.309 e. The van der Waals surface area contributed by atoms with Gasteiger partial charge >= 0.3 is 0 Å². The van der Waals surface area contributed by atoms with Crippen molar-refractivity contribution >= 4 is 43.0 Å². The molecule has 2 aliphatic heterocycles. The van der Waals surface area contributed by atoms with Crippen molar-refractivity contribution in [2.24, 2.45) is 13.0 Å². The molecule has 1 amide bonds. The molecule has 2 aromatic rings. The van der Waals surface area contributed by atoms with Crippen LogP contribution < -0.4 is 4.90 Å². The van der Waals surface area contributed by atoms with Gasteiger partial charge in [0.15, 0.2) is 24.8 Å². The molecule has 0 unspecified atom stereocenters. The lowest BCUT2D eigenvalue weighted by atomic mass is 10.1. The van der Waals surface area contributed by atoms with Crippen LogP contribution in [-0.2, 0) is 37.9 Å². The number of anilines is 1. The standard InChI is InChI=1S/C20H26N4O5S3/c1-23-18(11-15-7-9-31(26,27)13-15)21-22-20(23)30-12-19(25)24(16-5-3-2-4-6-16)17-8-10-32(28,29)14-17/h2-6,15,17H,7-14H2,1H3/t15-,17+/m1/s1. The second-order valence-corrected chi connectivity index (χ2v) is 13.8. The van der Waals surface area contributed by atoms with Crippen molar-refractivity contribution in [1.82, 2.24) is 14.8 Å².